The number of rotatable bonds is 4. The van der Waals surface area contributed by atoms with Gasteiger partial charge in [-0.15, -0.1) is 10.2 Å². The summed E-state index contributed by atoms with van der Waals surface area (Å²) in [6, 6.07) is 2.40. The molecule has 3 aromatic rings. The van der Waals surface area contributed by atoms with E-state index in [4.69, 9.17) is 0 Å². The molecule has 0 N–H and O–H groups in total. The molecule has 0 atom stereocenters. The summed E-state index contributed by atoms with van der Waals surface area (Å²) >= 11 is 0. The summed E-state index contributed by atoms with van der Waals surface area (Å²) in [6.45, 7) is 1.25. The smallest absolute Gasteiger partial charge is 0.309 e. The van der Waals surface area contributed by atoms with Gasteiger partial charge in [-0.2, -0.15) is 26.3 Å². The van der Waals surface area contributed by atoms with Gasteiger partial charge in [-0.05, 0) is 18.2 Å². The topological polar surface area (TPSA) is 90.6 Å². The third-order valence-corrected chi connectivity index (χ3v) is 6.03. The van der Waals surface area contributed by atoms with Gasteiger partial charge in [0.25, 0.3) is 0 Å². The van der Waals surface area contributed by atoms with Gasteiger partial charge in [0.15, 0.2) is 21.5 Å². The number of pyridine rings is 2. The lowest BCUT2D eigenvalue weighted by Crippen LogP contribution is -2.13. The van der Waals surface area contributed by atoms with Crippen molar-refractivity contribution in [3.05, 3.63) is 41.9 Å². The molecule has 0 saturated carbocycles. The van der Waals surface area contributed by atoms with Gasteiger partial charge < -0.3 is 4.57 Å². The first-order valence-electron chi connectivity index (χ1n) is 8.49. The largest absolute Gasteiger partial charge is 0.433 e. The van der Waals surface area contributed by atoms with Crippen molar-refractivity contribution in [3.63, 3.8) is 0 Å². The fourth-order valence-corrected chi connectivity index (χ4v) is 3.73. The van der Waals surface area contributed by atoms with Crippen molar-refractivity contribution in [2.45, 2.75) is 24.2 Å². The third-order valence-electron chi connectivity index (χ3n) is 4.29. The van der Waals surface area contributed by atoms with Gasteiger partial charge in [0, 0.05) is 25.0 Å². The predicted octanol–water partition coefficient (Wildman–Crippen LogP) is 3.77. The number of halogens is 6. The van der Waals surface area contributed by atoms with E-state index in [1.165, 1.54) is 20.0 Å². The highest BCUT2D eigenvalue weighted by molar-refractivity contribution is 7.91. The van der Waals surface area contributed by atoms with E-state index < -0.39 is 49.8 Å². The number of hydrogen-bond acceptors (Lipinski definition) is 6. The van der Waals surface area contributed by atoms with Gasteiger partial charge in [0.2, 0.25) is 0 Å². The fourth-order valence-electron chi connectivity index (χ4n) is 2.67. The highest BCUT2D eigenvalue weighted by Gasteiger charge is 2.35. The maximum absolute atomic E-state index is 13.1. The molecule has 0 fully saturated rings. The summed E-state index contributed by atoms with van der Waals surface area (Å²) in [6.07, 6.45) is -8.18. The van der Waals surface area contributed by atoms with Gasteiger partial charge in [0.05, 0.1) is 16.2 Å². The van der Waals surface area contributed by atoms with Crippen LogP contribution < -0.4 is 0 Å². The van der Waals surface area contributed by atoms with Gasteiger partial charge >= 0.3 is 12.4 Å². The Labute approximate surface area is 171 Å². The van der Waals surface area contributed by atoms with Crippen LogP contribution in [0.1, 0.15) is 18.2 Å². The molecule has 31 heavy (non-hydrogen) atoms. The first kappa shape index (κ1) is 22.7. The van der Waals surface area contributed by atoms with E-state index in [-0.39, 0.29) is 17.2 Å². The first-order valence-corrected chi connectivity index (χ1v) is 10.1. The van der Waals surface area contributed by atoms with Crippen molar-refractivity contribution in [1.29, 1.82) is 0 Å². The Hall–Kier alpha value is -3.03. The standard InChI is InChI=1S/C17H13F6N5O2S/c1-3-31(29,30)11-7-10(16(18,19)20)8-25-13(11)15-27-26-14(28(15)2)9-4-5-24-12(6-9)17(21,22)23/h4-8H,3H2,1-2H3. The lowest BCUT2D eigenvalue weighted by molar-refractivity contribution is -0.141. The van der Waals surface area contributed by atoms with Crippen LogP contribution in [0.25, 0.3) is 22.9 Å². The van der Waals surface area contributed by atoms with Crippen LogP contribution in [0.5, 0.6) is 0 Å². The van der Waals surface area contributed by atoms with Crippen LogP contribution in [0, 0.1) is 0 Å². The number of sulfone groups is 1. The Morgan fingerprint density at radius 1 is 0.968 bits per heavy atom. The molecule has 3 rings (SSSR count). The van der Waals surface area contributed by atoms with Gasteiger partial charge in [-0.1, -0.05) is 6.92 Å². The van der Waals surface area contributed by atoms with Crippen molar-refractivity contribution < 1.29 is 34.8 Å². The van der Waals surface area contributed by atoms with Crippen LogP contribution in [-0.2, 0) is 29.2 Å². The third kappa shape index (κ3) is 4.38. The minimum absolute atomic E-state index is 0.0321. The molecule has 0 aliphatic carbocycles. The van der Waals surface area contributed by atoms with E-state index in [1.54, 1.807) is 0 Å². The molecule has 14 heteroatoms. The molecule has 3 heterocycles. The number of hydrogen-bond donors (Lipinski definition) is 0. The average Bonchev–Trinajstić information content (AvgIpc) is 3.07. The minimum atomic E-state index is -4.83. The van der Waals surface area contributed by atoms with E-state index in [0.717, 1.165) is 16.8 Å². The minimum Gasteiger partial charge on any atom is -0.309 e. The zero-order valence-corrected chi connectivity index (χ0v) is 16.6. The quantitative estimate of drug-likeness (QED) is 0.545. The summed E-state index contributed by atoms with van der Waals surface area (Å²) in [5, 5.41) is 7.52. The Balaban J connectivity index is 2.19. The van der Waals surface area contributed by atoms with Gasteiger partial charge in [-0.25, -0.2) is 8.42 Å². The summed E-state index contributed by atoms with van der Waals surface area (Å²) in [4.78, 5) is 6.17. The lowest BCUT2D eigenvalue weighted by atomic mass is 10.2. The molecule has 0 saturated heterocycles. The molecule has 0 amide bonds. The molecule has 166 valence electrons. The van der Waals surface area contributed by atoms with Gasteiger partial charge in [-0.3, -0.25) is 9.97 Å². The number of aromatic nitrogens is 5. The molecule has 0 unspecified atom stereocenters. The fraction of sp³-hybridized carbons (Fsp3) is 0.294. The molecule has 0 aliphatic heterocycles. The van der Waals surface area contributed by atoms with Crippen LogP contribution >= 0.6 is 0 Å². The molecule has 3 aromatic heterocycles. The average molecular weight is 465 g/mol. The van der Waals surface area contributed by atoms with E-state index >= 15 is 0 Å². The molecule has 7 nitrogen and oxygen atoms in total. The highest BCUT2D eigenvalue weighted by Crippen LogP contribution is 2.35. The summed E-state index contributed by atoms with van der Waals surface area (Å²) in [5.41, 5.74) is -2.89. The second-order valence-corrected chi connectivity index (χ2v) is 8.55. The lowest BCUT2D eigenvalue weighted by Gasteiger charge is -2.12. The molecular weight excluding hydrogens is 452 g/mol. The van der Waals surface area contributed by atoms with Crippen molar-refractivity contribution in [1.82, 2.24) is 24.7 Å². The van der Waals surface area contributed by atoms with Crippen LogP contribution in [-0.4, -0.2) is 38.9 Å². The van der Waals surface area contributed by atoms with E-state index in [0.29, 0.717) is 12.3 Å². The number of nitrogens with zero attached hydrogens (tertiary/aromatic N) is 5. The monoisotopic (exact) mass is 465 g/mol. The molecule has 0 aromatic carbocycles. The molecule has 0 radical (unpaired) electrons. The van der Waals surface area contributed by atoms with E-state index in [1.807, 2.05) is 0 Å². The zero-order chi connectivity index (χ0) is 23.2. The Morgan fingerprint density at radius 3 is 2.19 bits per heavy atom. The van der Waals surface area contributed by atoms with Gasteiger partial charge in [0.1, 0.15) is 11.4 Å². The van der Waals surface area contributed by atoms with Crippen LogP contribution in [0.4, 0.5) is 26.3 Å². The zero-order valence-electron chi connectivity index (χ0n) is 15.8. The maximum Gasteiger partial charge on any atom is 0.433 e. The Bertz CT molecular complexity index is 1230. The summed E-state index contributed by atoms with van der Waals surface area (Å²) in [7, 11) is -2.84. The Kier molecular flexibility index (Phi) is 5.54. The predicted molar refractivity (Wildman–Crippen MR) is 95.2 cm³/mol. The first-order chi connectivity index (χ1) is 14.3. The van der Waals surface area contributed by atoms with Crippen molar-refractivity contribution in [2.75, 3.05) is 5.75 Å². The molecule has 0 bridgehead atoms. The molecule has 0 spiro atoms. The Morgan fingerprint density at radius 2 is 1.61 bits per heavy atom. The van der Waals surface area contributed by atoms with Crippen molar-refractivity contribution >= 4 is 9.84 Å². The summed E-state index contributed by atoms with van der Waals surface area (Å²) in [5.74, 6) is -0.835. The second kappa shape index (κ2) is 7.59. The van der Waals surface area contributed by atoms with Crippen LogP contribution in [0.15, 0.2) is 35.5 Å². The molecular formula is C17H13F6N5O2S. The van der Waals surface area contributed by atoms with Crippen molar-refractivity contribution in [3.8, 4) is 22.9 Å². The molecule has 0 aliphatic rings. The van der Waals surface area contributed by atoms with E-state index in [9.17, 15) is 34.8 Å². The maximum atomic E-state index is 13.1. The van der Waals surface area contributed by atoms with Crippen molar-refractivity contribution in [2.24, 2.45) is 7.05 Å². The summed E-state index contributed by atoms with van der Waals surface area (Å²) < 4.78 is 104. The highest BCUT2D eigenvalue weighted by atomic mass is 32.2. The van der Waals surface area contributed by atoms with Crippen LogP contribution in [0.3, 0.4) is 0 Å². The normalized spacial score (nSPS) is 12.9. The van der Waals surface area contributed by atoms with Crippen LogP contribution in [0.2, 0.25) is 0 Å². The number of alkyl halides is 6. The van der Waals surface area contributed by atoms with E-state index in [2.05, 4.69) is 20.2 Å². The second-order valence-electron chi connectivity index (χ2n) is 6.31. The SMILES string of the molecule is CCS(=O)(=O)c1cc(C(F)(F)F)cnc1-c1nnc(-c2ccnc(C(F)(F)F)c2)n1C.